The molecule has 0 aromatic carbocycles. The lowest BCUT2D eigenvalue weighted by atomic mass is 9.88. The fourth-order valence-corrected chi connectivity index (χ4v) is 3.81. The molecule has 2 aliphatic heterocycles. The van der Waals surface area contributed by atoms with E-state index < -0.39 is 5.60 Å². The van der Waals surface area contributed by atoms with E-state index in [-0.39, 0.29) is 12.7 Å². The van der Waals surface area contributed by atoms with Crippen LogP contribution in [0.25, 0.3) is 0 Å². The van der Waals surface area contributed by atoms with E-state index in [1.54, 1.807) is 0 Å². The Labute approximate surface area is 141 Å². The van der Waals surface area contributed by atoms with Crippen molar-refractivity contribution in [1.29, 1.82) is 0 Å². The van der Waals surface area contributed by atoms with Crippen LogP contribution >= 0.6 is 0 Å². The molecule has 2 heterocycles. The van der Waals surface area contributed by atoms with Gasteiger partial charge in [-0.15, -0.1) is 0 Å². The molecule has 2 aliphatic rings. The molecule has 5 heteroatoms. The van der Waals surface area contributed by atoms with Crippen LogP contribution < -0.4 is 0 Å². The third kappa shape index (κ3) is 5.35. The van der Waals surface area contributed by atoms with Gasteiger partial charge in [-0.2, -0.15) is 0 Å². The quantitative estimate of drug-likeness (QED) is 0.866. The van der Waals surface area contributed by atoms with Crippen molar-refractivity contribution in [3.63, 3.8) is 0 Å². The van der Waals surface area contributed by atoms with Crippen LogP contribution in [0.1, 0.15) is 53.4 Å². The molecular weight excluding hydrogens is 292 g/mol. The van der Waals surface area contributed by atoms with E-state index in [9.17, 15) is 9.90 Å². The minimum atomic E-state index is -0.424. The summed E-state index contributed by atoms with van der Waals surface area (Å²) < 4.78 is 5.45. The average Bonchev–Trinajstić information content (AvgIpc) is 2.46. The Hall–Kier alpha value is -0.810. The molecule has 1 N–H and O–H groups in total. The molecule has 0 aromatic rings. The molecular formula is C18H34N2O3. The monoisotopic (exact) mass is 326 g/mol. The molecule has 0 aliphatic carbocycles. The number of nitrogens with zero attached hydrogens (tertiary/aromatic N) is 2. The van der Waals surface area contributed by atoms with Gasteiger partial charge in [0.1, 0.15) is 5.60 Å². The number of rotatable bonds is 3. The van der Waals surface area contributed by atoms with E-state index in [0.29, 0.717) is 17.9 Å². The van der Waals surface area contributed by atoms with Gasteiger partial charge < -0.3 is 14.7 Å². The highest BCUT2D eigenvalue weighted by Crippen LogP contribution is 2.27. The van der Waals surface area contributed by atoms with Crippen LogP contribution in [0.2, 0.25) is 0 Å². The first kappa shape index (κ1) is 18.5. The van der Waals surface area contributed by atoms with Gasteiger partial charge in [-0.05, 0) is 64.8 Å². The van der Waals surface area contributed by atoms with Gasteiger partial charge in [0, 0.05) is 25.7 Å². The minimum Gasteiger partial charge on any atom is -0.444 e. The van der Waals surface area contributed by atoms with Gasteiger partial charge >= 0.3 is 6.09 Å². The third-order valence-corrected chi connectivity index (χ3v) is 5.18. The van der Waals surface area contributed by atoms with Gasteiger partial charge in [0.2, 0.25) is 0 Å². The molecule has 2 fully saturated rings. The first-order valence-electron chi connectivity index (χ1n) is 9.13. The zero-order valence-electron chi connectivity index (χ0n) is 15.3. The summed E-state index contributed by atoms with van der Waals surface area (Å²) in [5.41, 5.74) is -0.424. The molecule has 2 unspecified atom stereocenters. The molecule has 2 saturated heterocycles. The highest BCUT2D eigenvalue weighted by Gasteiger charge is 2.32. The molecule has 0 spiro atoms. The summed E-state index contributed by atoms with van der Waals surface area (Å²) in [6.07, 6.45) is 4.33. The van der Waals surface area contributed by atoms with Crippen molar-refractivity contribution in [3.8, 4) is 0 Å². The zero-order valence-corrected chi connectivity index (χ0v) is 15.3. The van der Waals surface area contributed by atoms with Gasteiger partial charge in [-0.1, -0.05) is 6.92 Å². The van der Waals surface area contributed by atoms with E-state index >= 15 is 0 Å². The van der Waals surface area contributed by atoms with Crippen LogP contribution in [-0.4, -0.2) is 65.4 Å². The first-order valence-corrected chi connectivity index (χ1v) is 9.13. The summed E-state index contributed by atoms with van der Waals surface area (Å²) in [5, 5.41) is 9.67. The fourth-order valence-electron chi connectivity index (χ4n) is 3.81. The normalized spacial score (nSPS) is 28.0. The SMILES string of the molecule is CC1CCCN(CC2CCN(C(=O)OC(C)(C)C)CC2)C1CO. The number of carbonyl (C=O) groups excluding carboxylic acids is 1. The number of hydrogen-bond acceptors (Lipinski definition) is 4. The predicted molar refractivity (Wildman–Crippen MR) is 91.4 cm³/mol. The number of aliphatic hydroxyl groups is 1. The minimum absolute atomic E-state index is 0.184. The summed E-state index contributed by atoms with van der Waals surface area (Å²) in [4.78, 5) is 16.4. The molecule has 0 aromatic heterocycles. The van der Waals surface area contributed by atoms with Gasteiger partial charge in [0.05, 0.1) is 6.61 Å². The molecule has 0 saturated carbocycles. The number of likely N-dealkylation sites (tertiary alicyclic amines) is 2. The summed E-state index contributed by atoms with van der Waals surface area (Å²) in [6, 6.07) is 0.313. The molecule has 1 amide bonds. The van der Waals surface area contributed by atoms with Gasteiger partial charge in [0.15, 0.2) is 0 Å². The van der Waals surface area contributed by atoms with Crippen LogP contribution in [0.4, 0.5) is 4.79 Å². The van der Waals surface area contributed by atoms with Crippen molar-refractivity contribution >= 4 is 6.09 Å². The Morgan fingerprint density at radius 3 is 2.39 bits per heavy atom. The van der Waals surface area contributed by atoms with Gasteiger partial charge in [0.25, 0.3) is 0 Å². The number of ether oxygens (including phenoxy) is 1. The largest absolute Gasteiger partial charge is 0.444 e. The maximum atomic E-state index is 12.1. The van der Waals surface area contributed by atoms with E-state index in [0.717, 1.165) is 39.0 Å². The summed E-state index contributed by atoms with van der Waals surface area (Å²) >= 11 is 0. The summed E-state index contributed by atoms with van der Waals surface area (Å²) in [6.45, 7) is 12.0. The van der Waals surface area contributed by atoms with Crippen molar-refractivity contribution in [2.24, 2.45) is 11.8 Å². The second-order valence-corrected chi connectivity index (χ2v) is 8.28. The fraction of sp³-hybridized carbons (Fsp3) is 0.944. The summed E-state index contributed by atoms with van der Waals surface area (Å²) in [7, 11) is 0. The lowest BCUT2D eigenvalue weighted by Crippen LogP contribution is -2.50. The van der Waals surface area contributed by atoms with Crippen LogP contribution in [-0.2, 0) is 4.74 Å². The van der Waals surface area contributed by atoms with Crippen LogP contribution in [0.3, 0.4) is 0 Å². The van der Waals surface area contributed by atoms with Crippen molar-refractivity contribution in [3.05, 3.63) is 0 Å². The average molecular weight is 326 g/mol. The predicted octanol–water partition coefficient (Wildman–Crippen LogP) is 2.73. The number of hydrogen-bond donors (Lipinski definition) is 1. The molecule has 2 atom stereocenters. The van der Waals surface area contributed by atoms with E-state index in [1.165, 1.54) is 12.8 Å². The number of amides is 1. The van der Waals surface area contributed by atoms with E-state index in [2.05, 4.69) is 11.8 Å². The second-order valence-electron chi connectivity index (χ2n) is 8.28. The Kier molecular flexibility index (Phi) is 6.32. The van der Waals surface area contributed by atoms with Crippen molar-refractivity contribution in [2.45, 2.75) is 65.0 Å². The van der Waals surface area contributed by atoms with Crippen molar-refractivity contribution in [1.82, 2.24) is 9.80 Å². The highest BCUT2D eigenvalue weighted by molar-refractivity contribution is 5.68. The van der Waals surface area contributed by atoms with E-state index in [4.69, 9.17) is 4.74 Å². The van der Waals surface area contributed by atoms with Crippen LogP contribution in [0, 0.1) is 11.8 Å². The maximum absolute atomic E-state index is 12.1. The molecule has 0 bridgehead atoms. The zero-order chi connectivity index (χ0) is 17.0. The molecule has 2 rings (SSSR count). The van der Waals surface area contributed by atoms with Gasteiger partial charge in [-0.3, -0.25) is 4.90 Å². The number of aliphatic hydroxyl groups excluding tert-OH is 1. The smallest absolute Gasteiger partial charge is 0.410 e. The first-order chi connectivity index (χ1) is 10.8. The number of carbonyl (C=O) groups is 1. The molecule has 5 nitrogen and oxygen atoms in total. The Morgan fingerprint density at radius 1 is 1.17 bits per heavy atom. The van der Waals surface area contributed by atoms with Crippen molar-refractivity contribution < 1.29 is 14.6 Å². The summed E-state index contributed by atoms with van der Waals surface area (Å²) in [5.74, 6) is 1.20. The van der Waals surface area contributed by atoms with E-state index in [1.807, 2.05) is 25.7 Å². The van der Waals surface area contributed by atoms with Crippen LogP contribution in [0.15, 0.2) is 0 Å². The lowest BCUT2D eigenvalue weighted by molar-refractivity contribution is 0.00965. The lowest BCUT2D eigenvalue weighted by Gasteiger charge is -2.42. The van der Waals surface area contributed by atoms with Crippen LogP contribution in [0.5, 0.6) is 0 Å². The third-order valence-electron chi connectivity index (χ3n) is 5.18. The second kappa shape index (κ2) is 7.84. The Morgan fingerprint density at radius 2 is 1.83 bits per heavy atom. The topological polar surface area (TPSA) is 53.0 Å². The highest BCUT2D eigenvalue weighted by atomic mass is 16.6. The Balaban J connectivity index is 1.79. The maximum Gasteiger partial charge on any atom is 0.410 e. The molecule has 134 valence electrons. The van der Waals surface area contributed by atoms with Crippen molar-refractivity contribution in [2.75, 3.05) is 32.8 Å². The standard InChI is InChI=1S/C18H34N2O3/c1-14-6-5-9-20(16(14)13-21)12-15-7-10-19(11-8-15)17(22)23-18(2,3)4/h14-16,21H,5-13H2,1-4H3. The number of piperidine rings is 2. The Bertz CT molecular complexity index is 386. The molecule has 0 radical (unpaired) electrons. The van der Waals surface area contributed by atoms with Gasteiger partial charge in [-0.25, -0.2) is 4.79 Å². The molecule has 23 heavy (non-hydrogen) atoms.